The van der Waals surface area contributed by atoms with E-state index in [4.69, 9.17) is 18.0 Å². The number of ether oxygens (including phenoxy) is 1. The van der Waals surface area contributed by atoms with Crippen molar-refractivity contribution in [1.29, 1.82) is 5.26 Å². The van der Waals surface area contributed by atoms with Crippen LogP contribution in [0.25, 0.3) is 0 Å². The van der Waals surface area contributed by atoms with Gasteiger partial charge in [0.1, 0.15) is 30.1 Å². The Morgan fingerprint density at radius 1 is 1.11 bits per heavy atom. The normalized spacial score (nSPS) is 27.4. The van der Waals surface area contributed by atoms with E-state index >= 15 is 0 Å². The number of nitrogens with zero attached hydrogens (tertiary/aromatic N) is 2. The first kappa shape index (κ1) is 28.0. The van der Waals surface area contributed by atoms with Crippen LogP contribution in [-0.2, 0) is 18.0 Å². The van der Waals surface area contributed by atoms with Gasteiger partial charge in [-0.15, -0.1) is 0 Å². The molecule has 1 N–H and O–H groups in total. The molecule has 0 radical (unpaired) electrons. The Bertz CT molecular complexity index is 1100. The number of rotatable bonds is 3. The highest BCUT2D eigenvalue weighted by Crippen LogP contribution is 2.56. The van der Waals surface area contributed by atoms with Crippen LogP contribution in [0.4, 0.5) is 0 Å². The summed E-state index contributed by atoms with van der Waals surface area (Å²) in [7, 11) is -5.24. The van der Waals surface area contributed by atoms with Crippen LogP contribution in [-0.4, -0.2) is 51.3 Å². The second-order valence-corrected chi connectivity index (χ2v) is 22.7. The van der Waals surface area contributed by atoms with Gasteiger partial charge in [-0.25, -0.2) is 4.79 Å². The van der Waals surface area contributed by atoms with Crippen LogP contribution >= 0.6 is 0 Å². The molecular formula is C24H41N3O6Si2. The molecule has 1 aromatic rings. The second kappa shape index (κ2) is 8.78. The fourth-order valence-electron chi connectivity index (χ4n) is 5.02. The minimum atomic E-state index is -2.86. The molecule has 2 fully saturated rings. The van der Waals surface area contributed by atoms with E-state index < -0.39 is 52.7 Å². The molecule has 2 aliphatic rings. The van der Waals surface area contributed by atoms with Crippen molar-refractivity contribution in [3.8, 4) is 6.07 Å². The highest BCUT2D eigenvalue weighted by atomic mass is 28.4. The second-order valence-electron chi connectivity index (χ2n) is 13.2. The van der Waals surface area contributed by atoms with E-state index in [1.807, 2.05) is 6.07 Å². The summed E-state index contributed by atoms with van der Waals surface area (Å²) in [6.07, 6.45) is -2.56. The lowest BCUT2D eigenvalue weighted by atomic mass is 10.1. The van der Waals surface area contributed by atoms with Crippen molar-refractivity contribution in [3.63, 3.8) is 0 Å². The Kier molecular flexibility index (Phi) is 7.03. The summed E-state index contributed by atoms with van der Waals surface area (Å²) in [6.45, 7) is 23.8. The number of hydrogen-bond acceptors (Lipinski definition) is 7. The van der Waals surface area contributed by atoms with Crippen molar-refractivity contribution >= 4 is 16.9 Å². The molecule has 35 heavy (non-hydrogen) atoms. The Morgan fingerprint density at radius 2 is 1.69 bits per heavy atom. The third-order valence-corrected chi connectivity index (χ3v) is 17.2. The highest BCUT2D eigenvalue weighted by Gasteiger charge is 2.66. The fraction of sp³-hybridized carbons (Fsp3) is 0.792. The van der Waals surface area contributed by atoms with Crippen LogP contribution in [0, 0.1) is 11.3 Å². The zero-order valence-electron chi connectivity index (χ0n) is 22.9. The topological polar surface area (TPSA) is 116 Å². The molecule has 2 aliphatic heterocycles. The average Bonchev–Trinajstić information content (AvgIpc) is 3.01. The van der Waals surface area contributed by atoms with Crippen molar-refractivity contribution < 1.29 is 18.0 Å². The molecule has 0 aliphatic carbocycles. The molecule has 2 saturated heterocycles. The summed E-state index contributed by atoms with van der Waals surface area (Å²) in [6, 6.07) is 3.08. The molecule has 1 aromatic heterocycles. The monoisotopic (exact) mass is 523 g/mol. The van der Waals surface area contributed by atoms with Gasteiger partial charge >= 0.3 is 14.3 Å². The zero-order valence-corrected chi connectivity index (χ0v) is 24.9. The molecule has 11 heteroatoms. The molecule has 0 amide bonds. The molecule has 0 unspecified atom stereocenters. The minimum Gasteiger partial charge on any atom is -0.407 e. The van der Waals surface area contributed by atoms with Gasteiger partial charge in [0.05, 0.1) is 6.61 Å². The van der Waals surface area contributed by atoms with Gasteiger partial charge in [-0.05, 0) is 18.1 Å². The molecule has 0 spiro atoms. The first-order chi connectivity index (χ1) is 15.8. The van der Waals surface area contributed by atoms with Crippen LogP contribution in [0.2, 0.25) is 28.2 Å². The quantitative estimate of drug-likeness (QED) is 0.592. The predicted molar refractivity (Wildman–Crippen MR) is 138 cm³/mol. The Balaban J connectivity index is 2.18. The molecule has 0 aromatic carbocycles. The third-order valence-electron chi connectivity index (χ3n) is 7.60. The summed E-state index contributed by atoms with van der Waals surface area (Å²) < 4.78 is 28.0. The smallest absolute Gasteiger partial charge is 0.349 e. The molecule has 3 heterocycles. The largest absolute Gasteiger partial charge is 0.407 e. The van der Waals surface area contributed by atoms with Crippen molar-refractivity contribution in [1.82, 2.24) is 9.55 Å². The standard InChI is InChI=1S/C24H41N3O6Si2/c1-22(2,3)34(10,11)32-19-18-16(14-30-35(33-18,23(4,5)6)24(7,8)9)31-20(19)27-15(13-25)12-17(28)26-21(27)29/h12,16,18-20H,14H2,1-11H3,(H,26,28,29)/t16-,18-,19+,20-/m1/s1. The zero-order chi connectivity index (χ0) is 26.8. The Hall–Kier alpha value is -1.56. The van der Waals surface area contributed by atoms with E-state index in [-0.39, 0.29) is 20.8 Å². The van der Waals surface area contributed by atoms with Gasteiger partial charge < -0.3 is 18.0 Å². The maximum absolute atomic E-state index is 12.9. The lowest BCUT2D eigenvalue weighted by Gasteiger charge is -2.54. The first-order valence-corrected chi connectivity index (χ1v) is 16.9. The summed E-state index contributed by atoms with van der Waals surface area (Å²) in [5.74, 6) is 0. The van der Waals surface area contributed by atoms with Gasteiger partial charge in [-0.2, -0.15) is 5.26 Å². The summed E-state index contributed by atoms with van der Waals surface area (Å²) in [4.78, 5) is 27.1. The lowest BCUT2D eigenvalue weighted by Crippen LogP contribution is -2.66. The van der Waals surface area contributed by atoms with E-state index in [1.54, 1.807) is 0 Å². The molecule has 196 valence electrons. The van der Waals surface area contributed by atoms with Crippen LogP contribution in [0.5, 0.6) is 0 Å². The van der Waals surface area contributed by atoms with E-state index in [9.17, 15) is 14.9 Å². The molecular weight excluding hydrogens is 482 g/mol. The summed E-state index contributed by atoms with van der Waals surface area (Å²) >= 11 is 0. The van der Waals surface area contributed by atoms with Gasteiger partial charge in [-0.1, -0.05) is 62.3 Å². The molecule has 9 nitrogen and oxygen atoms in total. The van der Waals surface area contributed by atoms with Crippen molar-refractivity contribution in [2.24, 2.45) is 0 Å². The first-order valence-electron chi connectivity index (χ1n) is 12.2. The molecule has 0 saturated carbocycles. The van der Waals surface area contributed by atoms with E-state index in [0.29, 0.717) is 6.61 Å². The van der Waals surface area contributed by atoms with E-state index in [2.05, 4.69) is 80.4 Å². The van der Waals surface area contributed by atoms with Gasteiger partial charge in [0.25, 0.3) is 5.56 Å². The average molecular weight is 524 g/mol. The number of aromatic nitrogens is 2. The number of nitrogens with one attached hydrogen (secondary N) is 1. The Labute approximate surface area is 210 Å². The SMILES string of the molecule is CC(C)(C)[Si](C)(C)O[C@H]1[C@@H]2O[Si](C(C)(C)C)(C(C)(C)C)OC[C@H]2O[C@H]1n1c(C#N)cc(=O)[nH]c1=O. The number of nitriles is 1. The predicted octanol–water partition coefficient (Wildman–Crippen LogP) is 4.15. The van der Waals surface area contributed by atoms with E-state index in [1.165, 1.54) is 4.57 Å². The number of H-pyrrole nitrogens is 1. The van der Waals surface area contributed by atoms with Crippen LogP contribution in [0.15, 0.2) is 15.7 Å². The Morgan fingerprint density at radius 3 is 2.17 bits per heavy atom. The van der Waals surface area contributed by atoms with Crippen molar-refractivity contribution in [2.75, 3.05) is 6.61 Å². The van der Waals surface area contributed by atoms with Gasteiger partial charge in [0.2, 0.25) is 0 Å². The summed E-state index contributed by atoms with van der Waals surface area (Å²) in [5, 5.41) is 9.12. The highest BCUT2D eigenvalue weighted by molar-refractivity contribution is 6.74. The number of hydrogen-bond donors (Lipinski definition) is 1. The molecule has 3 rings (SSSR count). The summed E-state index contributed by atoms with van der Waals surface area (Å²) in [5.41, 5.74) is -1.42. The molecule has 4 atom stereocenters. The maximum atomic E-state index is 12.9. The van der Waals surface area contributed by atoms with Crippen LogP contribution < -0.4 is 11.2 Å². The van der Waals surface area contributed by atoms with Crippen molar-refractivity contribution in [3.05, 3.63) is 32.6 Å². The van der Waals surface area contributed by atoms with Gasteiger partial charge in [-0.3, -0.25) is 14.3 Å². The number of fused-ring (bicyclic) bond motifs is 1. The van der Waals surface area contributed by atoms with Crippen LogP contribution in [0.1, 0.15) is 74.2 Å². The van der Waals surface area contributed by atoms with Gasteiger partial charge in [0.15, 0.2) is 14.5 Å². The van der Waals surface area contributed by atoms with Crippen LogP contribution in [0.3, 0.4) is 0 Å². The third kappa shape index (κ3) is 4.76. The maximum Gasteiger partial charge on any atom is 0.349 e. The fourth-order valence-corrected chi connectivity index (χ4v) is 11.3. The minimum absolute atomic E-state index is 0.0812. The number of aromatic amines is 1. The molecule has 0 bridgehead atoms. The van der Waals surface area contributed by atoms with Gasteiger partial charge in [0, 0.05) is 16.1 Å². The van der Waals surface area contributed by atoms with E-state index in [0.717, 1.165) is 6.07 Å². The van der Waals surface area contributed by atoms with Crippen molar-refractivity contribution in [2.45, 2.75) is 115 Å². The lowest BCUT2D eigenvalue weighted by molar-refractivity contribution is -0.0810.